The van der Waals surface area contributed by atoms with Crippen LogP contribution in [0.15, 0.2) is 48.7 Å². The van der Waals surface area contributed by atoms with E-state index in [-0.39, 0.29) is 6.61 Å². The SMILES string of the molecule is O=C(O)COc1ccc(-c2ccccn2)cc1. The van der Waals surface area contributed by atoms with Gasteiger partial charge in [-0.15, -0.1) is 0 Å². The van der Waals surface area contributed by atoms with E-state index in [9.17, 15) is 4.79 Å². The summed E-state index contributed by atoms with van der Waals surface area (Å²) in [5, 5.41) is 8.47. The van der Waals surface area contributed by atoms with E-state index in [0.29, 0.717) is 5.75 Å². The maximum atomic E-state index is 10.3. The average Bonchev–Trinajstić information content (AvgIpc) is 2.38. The summed E-state index contributed by atoms with van der Waals surface area (Å²) < 4.78 is 5.04. The Morgan fingerprint density at radius 3 is 2.53 bits per heavy atom. The van der Waals surface area contributed by atoms with Crippen molar-refractivity contribution >= 4 is 5.97 Å². The number of aromatic nitrogens is 1. The van der Waals surface area contributed by atoms with Gasteiger partial charge in [0.2, 0.25) is 0 Å². The Balaban J connectivity index is 2.11. The summed E-state index contributed by atoms with van der Waals surface area (Å²) >= 11 is 0. The second-order valence-electron chi connectivity index (χ2n) is 3.42. The Kier molecular flexibility index (Phi) is 3.35. The minimum Gasteiger partial charge on any atom is -0.482 e. The maximum Gasteiger partial charge on any atom is 0.341 e. The Morgan fingerprint density at radius 1 is 1.18 bits per heavy atom. The molecule has 0 aliphatic carbocycles. The van der Waals surface area contributed by atoms with Gasteiger partial charge < -0.3 is 9.84 Å². The van der Waals surface area contributed by atoms with Crippen molar-refractivity contribution in [1.29, 1.82) is 0 Å². The average molecular weight is 229 g/mol. The first kappa shape index (κ1) is 11.1. The van der Waals surface area contributed by atoms with Crippen molar-refractivity contribution in [1.82, 2.24) is 4.98 Å². The normalized spacial score (nSPS) is 9.88. The van der Waals surface area contributed by atoms with Crippen molar-refractivity contribution in [3.63, 3.8) is 0 Å². The summed E-state index contributed by atoms with van der Waals surface area (Å²) in [6, 6.07) is 12.8. The van der Waals surface area contributed by atoms with Gasteiger partial charge in [-0.3, -0.25) is 4.98 Å². The van der Waals surface area contributed by atoms with Crippen LogP contribution >= 0.6 is 0 Å². The molecule has 4 nitrogen and oxygen atoms in total. The van der Waals surface area contributed by atoms with Gasteiger partial charge in [0.25, 0.3) is 0 Å². The second kappa shape index (κ2) is 5.12. The number of benzene rings is 1. The number of hydrogen-bond acceptors (Lipinski definition) is 3. The zero-order valence-electron chi connectivity index (χ0n) is 9.04. The van der Waals surface area contributed by atoms with Crippen LogP contribution in [0.3, 0.4) is 0 Å². The molecular weight excluding hydrogens is 218 g/mol. The van der Waals surface area contributed by atoms with Crippen LogP contribution in [0.4, 0.5) is 0 Å². The largest absolute Gasteiger partial charge is 0.482 e. The summed E-state index contributed by atoms with van der Waals surface area (Å²) in [7, 11) is 0. The Bertz CT molecular complexity index is 494. The molecule has 2 rings (SSSR count). The van der Waals surface area contributed by atoms with E-state index in [0.717, 1.165) is 11.3 Å². The van der Waals surface area contributed by atoms with Crippen LogP contribution in [0.25, 0.3) is 11.3 Å². The van der Waals surface area contributed by atoms with Gasteiger partial charge >= 0.3 is 5.97 Å². The topological polar surface area (TPSA) is 59.4 Å². The van der Waals surface area contributed by atoms with E-state index in [1.807, 2.05) is 30.3 Å². The van der Waals surface area contributed by atoms with Crippen LogP contribution in [0, 0.1) is 0 Å². The molecule has 0 saturated heterocycles. The van der Waals surface area contributed by atoms with Gasteiger partial charge in [-0.05, 0) is 36.4 Å². The first-order chi connectivity index (χ1) is 8.25. The molecule has 1 heterocycles. The van der Waals surface area contributed by atoms with Gasteiger partial charge in [0, 0.05) is 11.8 Å². The standard InChI is InChI=1S/C13H11NO3/c15-13(16)9-17-11-6-4-10(5-7-11)12-3-1-2-8-14-12/h1-8H,9H2,(H,15,16). The van der Waals surface area contributed by atoms with E-state index in [2.05, 4.69) is 4.98 Å². The molecule has 0 fully saturated rings. The lowest BCUT2D eigenvalue weighted by Gasteiger charge is -2.04. The highest BCUT2D eigenvalue weighted by Crippen LogP contribution is 2.20. The van der Waals surface area contributed by atoms with Gasteiger partial charge in [0.05, 0.1) is 5.69 Å². The molecule has 0 spiro atoms. The molecule has 17 heavy (non-hydrogen) atoms. The van der Waals surface area contributed by atoms with Crippen molar-refractivity contribution < 1.29 is 14.6 Å². The Labute approximate surface area is 98.5 Å². The van der Waals surface area contributed by atoms with Crippen LogP contribution in [0.1, 0.15) is 0 Å². The van der Waals surface area contributed by atoms with E-state index in [1.165, 1.54) is 0 Å². The third-order valence-electron chi connectivity index (χ3n) is 2.18. The van der Waals surface area contributed by atoms with E-state index in [1.54, 1.807) is 18.3 Å². The van der Waals surface area contributed by atoms with Crippen LogP contribution in [0.5, 0.6) is 5.75 Å². The van der Waals surface area contributed by atoms with Crippen LogP contribution in [0.2, 0.25) is 0 Å². The predicted octanol–water partition coefficient (Wildman–Crippen LogP) is 2.21. The molecule has 86 valence electrons. The van der Waals surface area contributed by atoms with E-state index >= 15 is 0 Å². The van der Waals surface area contributed by atoms with Crippen molar-refractivity contribution in [2.45, 2.75) is 0 Å². The van der Waals surface area contributed by atoms with Gasteiger partial charge in [-0.25, -0.2) is 4.79 Å². The van der Waals surface area contributed by atoms with Gasteiger partial charge in [-0.2, -0.15) is 0 Å². The van der Waals surface area contributed by atoms with E-state index in [4.69, 9.17) is 9.84 Å². The van der Waals surface area contributed by atoms with Gasteiger partial charge in [0.15, 0.2) is 6.61 Å². The number of ether oxygens (including phenoxy) is 1. The third kappa shape index (κ3) is 3.04. The molecule has 4 heteroatoms. The monoisotopic (exact) mass is 229 g/mol. The smallest absolute Gasteiger partial charge is 0.341 e. The number of rotatable bonds is 4. The molecule has 0 amide bonds. The minimum atomic E-state index is -0.987. The molecule has 0 radical (unpaired) electrons. The quantitative estimate of drug-likeness (QED) is 0.873. The van der Waals surface area contributed by atoms with Crippen LogP contribution in [-0.2, 0) is 4.79 Å². The Morgan fingerprint density at radius 2 is 1.94 bits per heavy atom. The molecule has 0 aliphatic rings. The van der Waals surface area contributed by atoms with Crippen LogP contribution in [-0.4, -0.2) is 22.7 Å². The zero-order valence-corrected chi connectivity index (χ0v) is 9.04. The summed E-state index contributed by atoms with van der Waals surface area (Å²) in [6.45, 7) is -0.330. The van der Waals surface area contributed by atoms with Crippen molar-refractivity contribution in [2.24, 2.45) is 0 Å². The number of carboxylic acids is 1. The summed E-state index contributed by atoms with van der Waals surface area (Å²) in [5.74, 6) is -0.453. The fourth-order valence-corrected chi connectivity index (χ4v) is 1.40. The number of carboxylic acid groups (broad SMARTS) is 1. The third-order valence-corrected chi connectivity index (χ3v) is 2.18. The molecule has 0 bridgehead atoms. The highest BCUT2D eigenvalue weighted by molar-refractivity contribution is 5.68. The number of pyridine rings is 1. The van der Waals surface area contributed by atoms with Gasteiger partial charge in [0.1, 0.15) is 5.75 Å². The zero-order chi connectivity index (χ0) is 12.1. The van der Waals surface area contributed by atoms with Gasteiger partial charge in [-0.1, -0.05) is 6.07 Å². The highest BCUT2D eigenvalue weighted by atomic mass is 16.5. The van der Waals surface area contributed by atoms with Crippen molar-refractivity contribution in [3.8, 4) is 17.0 Å². The Hall–Kier alpha value is -2.36. The van der Waals surface area contributed by atoms with Crippen LogP contribution < -0.4 is 4.74 Å². The number of hydrogen-bond donors (Lipinski definition) is 1. The molecule has 1 N–H and O–H groups in total. The molecule has 1 aromatic heterocycles. The number of carbonyl (C=O) groups is 1. The number of nitrogens with zero attached hydrogens (tertiary/aromatic N) is 1. The lowest BCUT2D eigenvalue weighted by Crippen LogP contribution is -2.09. The maximum absolute atomic E-state index is 10.3. The second-order valence-corrected chi connectivity index (χ2v) is 3.42. The lowest BCUT2D eigenvalue weighted by atomic mass is 10.1. The van der Waals surface area contributed by atoms with Crippen molar-refractivity contribution in [2.75, 3.05) is 6.61 Å². The minimum absolute atomic E-state index is 0.330. The molecule has 0 saturated carbocycles. The summed E-state index contributed by atoms with van der Waals surface area (Å²) in [4.78, 5) is 14.5. The molecule has 1 aromatic carbocycles. The first-order valence-corrected chi connectivity index (χ1v) is 5.12. The predicted molar refractivity (Wildman–Crippen MR) is 62.8 cm³/mol. The molecule has 0 atom stereocenters. The highest BCUT2D eigenvalue weighted by Gasteiger charge is 2.01. The van der Waals surface area contributed by atoms with Crippen molar-refractivity contribution in [3.05, 3.63) is 48.7 Å². The number of aliphatic carboxylic acids is 1. The fraction of sp³-hybridized carbons (Fsp3) is 0.0769. The molecule has 0 unspecified atom stereocenters. The lowest BCUT2D eigenvalue weighted by molar-refractivity contribution is -0.139. The molecule has 2 aromatic rings. The molecular formula is C13H11NO3. The fourth-order valence-electron chi connectivity index (χ4n) is 1.40. The molecule has 0 aliphatic heterocycles. The van der Waals surface area contributed by atoms with E-state index < -0.39 is 5.97 Å². The first-order valence-electron chi connectivity index (χ1n) is 5.12. The summed E-state index contributed by atoms with van der Waals surface area (Å²) in [5.41, 5.74) is 1.84. The summed E-state index contributed by atoms with van der Waals surface area (Å²) in [6.07, 6.45) is 1.73.